The Morgan fingerprint density at radius 2 is 2.33 bits per heavy atom. The van der Waals surface area contributed by atoms with Crippen molar-refractivity contribution in [3.63, 3.8) is 0 Å². The number of ether oxygens (including phenoxy) is 1. The number of halogens is 1. The minimum Gasteiger partial charge on any atom is -0.550 e. The van der Waals surface area contributed by atoms with E-state index in [0.29, 0.717) is 19.0 Å². The first kappa shape index (κ1) is 18.1. The minimum absolute atomic E-state index is 0. The third-order valence-electron chi connectivity index (χ3n) is 3.15. The van der Waals surface area contributed by atoms with Crippen LogP contribution in [0, 0.1) is 0 Å². The largest absolute Gasteiger partial charge is 1.00 e. The van der Waals surface area contributed by atoms with Gasteiger partial charge >= 0.3 is 29.6 Å². The molecule has 110 valence electrons. The summed E-state index contributed by atoms with van der Waals surface area (Å²) in [6.07, 6.45) is -1.00. The summed E-state index contributed by atoms with van der Waals surface area (Å²) in [5.41, 5.74) is -0.366. The predicted octanol–water partition coefficient (Wildman–Crippen LogP) is -4.75. The molecule has 1 atom stereocenters. The molecule has 1 unspecified atom stereocenters. The first-order chi connectivity index (χ1) is 9.51. The fourth-order valence-corrected chi connectivity index (χ4v) is 2.04. The number of aromatic nitrogens is 2. The van der Waals surface area contributed by atoms with Crippen LogP contribution in [0.15, 0.2) is 10.9 Å². The summed E-state index contributed by atoms with van der Waals surface area (Å²) in [6.45, 7) is 0.470. The fraction of sp³-hybridized carbons (Fsp3) is 0.583. The van der Waals surface area contributed by atoms with Crippen LogP contribution in [0.25, 0.3) is 0 Å². The Bertz CT molecular complexity index is 566. The summed E-state index contributed by atoms with van der Waals surface area (Å²) in [5.74, 6) is -0.866. The average molecular weight is 307 g/mol. The summed E-state index contributed by atoms with van der Waals surface area (Å²) in [7, 11) is 1.45. The van der Waals surface area contributed by atoms with Crippen molar-refractivity contribution in [1.29, 1.82) is 0 Å². The molecule has 0 saturated carbocycles. The molecular weight excluding hydrogens is 292 g/mol. The summed E-state index contributed by atoms with van der Waals surface area (Å²) in [4.78, 5) is 28.4. The smallest absolute Gasteiger partial charge is 0.550 e. The number of anilines is 1. The second kappa shape index (κ2) is 7.88. The van der Waals surface area contributed by atoms with Gasteiger partial charge in [0.2, 0.25) is 0 Å². The van der Waals surface area contributed by atoms with E-state index in [-0.39, 0.29) is 47.5 Å². The standard InChI is InChI=1S/C12H16FN3O4.Na/c1-15-9(5-12(18)19)14-10(4-11(15)17)16-2-3-20-8(6-13)7-16;/h4,8H,2-3,5-7H2,1H3,(H,18,19);/q;+1/p-1. The maximum atomic E-state index is 12.6. The summed E-state index contributed by atoms with van der Waals surface area (Å²) < 4.78 is 19.0. The molecule has 1 saturated heterocycles. The number of carboxylic acid groups (broad SMARTS) is 1. The summed E-state index contributed by atoms with van der Waals surface area (Å²) in [6, 6.07) is 1.30. The van der Waals surface area contributed by atoms with E-state index in [1.807, 2.05) is 0 Å². The molecule has 0 amide bonds. The number of hydrogen-bond donors (Lipinski definition) is 0. The molecule has 0 radical (unpaired) electrons. The van der Waals surface area contributed by atoms with Crippen LogP contribution < -0.4 is 45.1 Å². The van der Waals surface area contributed by atoms with Crippen molar-refractivity contribution in [2.75, 3.05) is 31.3 Å². The molecular formula is C12H15FN3NaO4. The SMILES string of the molecule is Cn1c(CC(=O)[O-])nc(N2CCOC(CF)C2)cc1=O.[Na+]. The number of hydrogen-bond acceptors (Lipinski definition) is 6. The first-order valence-corrected chi connectivity index (χ1v) is 6.20. The van der Waals surface area contributed by atoms with E-state index in [2.05, 4.69) is 4.98 Å². The Morgan fingerprint density at radius 3 is 2.95 bits per heavy atom. The van der Waals surface area contributed by atoms with Gasteiger partial charge in [-0.05, 0) is 0 Å². The molecule has 1 aromatic rings. The van der Waals surface area contributed by atoms with E-state index >= 15 is 0 Å². The molecule has 2 rings (SSSR count). The minimum atomic E-state index is -1.31. The summed E-state index contributed by atoms with van der Waals surface area (Å²) >= 11 is 0. The van der Waals surface area contributed by atoms with Crippen LogP contribution >= 0.6 is 0 Å². The number of morpholine rings is 1. The molecule has 1 aliphatic heterocycles. The van der Waals surface area contributed by atoms with Crippen molar-refractivity contribution in [2.24, 2.45) is 7.05 Å². The number of carbonyl (C=O) groups excluding carboxylic acids is 1. The maximum Gasteiger partial charge on any atom is 1.00 e. The second-order valence-electron chi connectivity index (χ2n) is 4.57. The summed E-state index contributed by atoms with van der Waals surface area (Å²) in [5, 5.41) is 10.7. The number of alkyl halides is 1. The molecule has 1 fully saturated rings. The normalized spacial score (nSPS) is 18.2. The van der Waals surface area contributed by atoms with Crippen LogP contribution in [-0.2, 0) is 23.0 Å². The molecule has 0 aromatic carbocycles. The third kappa shape index (κ3) is 4.50. The number of rotatable bonds is 4. The van der Waals surface area contributed by atoms with Crippen LogP contribution in [-0.4, -0.2) is 48.0 Å². The molecule has 21 heavy (non-hydrogen) atoms. The number of carbonyl (C=O) groups is 1. The van der Waals surface area contributed by atoms with E-state index in [4.69, 9.17) is 4.74 Å². The van der Waals surface area contributed by atoms with Crippen molar-refractivity contribution in [2.45, 2.75) is 12.5 Å². The Morgan fingerprint density at radius 1 is 1.62 bits per heavy atom. The molecule has 1 aromatic heterocycles. The van der Waals surface area contributed by atoms with Crippen molar-refractivity contribution in [1.82, 2.24) is 9.55 Å². The Kier molecular flexibility index (Phi) is 6.79. The molecule has 0 bridgehead atoms. The van der Waals surface area contributed by atoms with Gasteiger partial charge in [-0.25, -0.2) is 9.37 Å². The predicted molar refractivity (Wildman–Crippen MR) is 66.1 cm³/mol. The number of carboxylic acids is 1. The van der Waals surface area contributed by atoms with Crippen LogP contribution in [0.2, 0.25) is 0 Å². The van der Waals surface area contributed by atoms with E-state index < -0.39 is 25.2 Å². The van der Waals surface area contributed by atoms with Gasteiger partial charge in [0.1, 0.15) is 24.4 Å². The number of aliphatic carboxylic acids is 1. The van der Waals surface area contributed by atoms with Crippen molar-refractivity contribution in [3.05, 3.63) is 22.2 Å². The zero-order valence-corrected chi connectivity index (χ0v) is 14.0. The molecule has 1 aliphatic rings. The Labute approximate surface area is 143 Å². The van der Waals surface area contributed by atoms with E-state index in [9.17, 15) is 19.1 Å². The van der Waals surface area contributed by atoms with Gasteiger partial charge in [-0.3, -0.25) is 9.36 Å². The Hall–Kier alpha value is -0.960. The zero-order chi connectivity index (χ0) is 14.7. The quantitative estimate of drug-likeness (QED) is 0.519. The van der Waals surface area contributed by atoms with Gasteiger partial charge in [0, 0.05) is 38.6 Å². The van der Waals surface area contributed by atoms with E-state index in [1.165, 1.54) is 13.1 Å². The van der Waals surface area contributed by atoms with Crippen molar-refractivity contribution < 1.29 is 48.6 Å². The molecule has 0 spiro atoms. The molecule has 0 N–H and O–H groups in total. The average Bonchev–Trinajstić information content (AvgIpc) is 2.43. The topological polar surface area (TPSA) is 87.5 Å². The van der Waals surface area contributed by atoms with Crippen molar-refractivity contribution in [3.8, 4) is 0 Å². The van der Waals surface area contributed by atoms with Crippen LogP contribution in [0.5, 0.6) is 0 Å². The maximum absolute atomic E-state index is 12.6. The van der Waals surface area contributed by atoms with Crippen LogP contribution in [0.1, 0.15) is 5.82 Å². The molecule has 9 heteroatoms. The second-order valence-corrected chi connectivity index (χ2v) is 4.57. The van der Waals surface area contributed by atoms with Crippen LogP contribution in [0.3, 0.4) is 0 Å². The van der Waals surface area contributed by atoms with Gasteiger partial charge in [-0.15, -0.1) is 0 Å². The molecule has 0 aliphatic carbocycles. The monoisotopic (exact) mass is 307 g/mol. The first-order valence-electron chi connectivity index (χ1n) is 6.20. The van der Waals surface area contributed by atoms with Gasteiger partial charge < -0.3 is 19.5 Å². The van der Waals surface area contributed by atoms with Crippen LogP contribution in [0.4, 0.5) is 10.2 Å². The van der Waals surface area contributed by atoms with Gasteiger partial charge in [-0.1, -0.05) is 0 Å². The number of nitrogens with zero attached hydrogens (tertiary/aromatic N) is 3. The molecule has 7 nitrogen and oxygen atoms in total. The fourth-order valence-electron chi connectivity index (χ4n) is 2.04. The van der Waals surface area contributed by atoms with Gasteiger partial charge in [0.15, 0.2) is 0 Å². The Balaban J connectivity index is 0.00000220. The van der Waals surface area contributed by atoms with E-state index in [1.54, 1.807) is 4.90 Å². The van der Waals surface area contributed by atoms with Crippen molar-refractivity contribution >= 4 is 11.8 Å². The zero-order valence-electron chi connectivity index (χ0n) is 12.0. The van der Waals surface area contributed by atoms with E-state index in [0.717, 1.165) is 4.57 Å². The molecule has 2 heterocycles. The van der Waals surface area contributed by atoms with Gasteiger partial charge in [0.25, 0.3) is 5.56 Å². The van der Waals surface area contributed by atoms with Gasteiger partial charge in [-0.2, -0.15) is 0 Å². The third-order valence-corrected chi connectivity index (χ3v) is 3.15. The van der Waals surface area contributed by atoms with Gasteiger partial charge in [0.05, 0.1) is 6.61 Å².